The van der Waals surface area contributed by atoms with Crippen LogP contribution in [-0.4, -0.2) is 17.6 Å². The van der Waals surface area contributed by atoms with E-state index in [-0.39, 0.29) is 12.5 Å². The van der Waals surface area contributed by atoms with E-state index in [2.05, 4.69) is 5.32 Å². The maximum absolute atomic E-state index is 13.1. The van der Waals surface area contributed by atoms with Crippen molar-refractivity contribution in [3.8, 4) is 5.75 Å². The van der Waals surface area contributed by atoms with Crippen LogP contribution in [0.2, 0.25) is 0 Å². The van der Waals surface area contributed by atoms with E-state index < -0.39 is 17.0 Å². The maximum atomic E-state index is 13.1. The third-order valence-electron chi connectivity index (χ3n) is 3.43. The summed E-state index contributed by atoms with van der Waals surface area (Å²) in [6, 6.07) is 3.73. The summed E-state index contributed by atoms with van der Waals surface area (Å²) >= 11 is 0. The number of nitrogens with two attached hydrogens (primary N) is 1. The molecule has 0 saturated carbocycles. The molecule has 4 N–H and O–H groups in total. The molecule has 0 heterocycles. The van der Waals surface area contributed by atoms with Crippen molar-refractivity contribution in [2.24, 2.45) is 11.1 Å². The molecule has 1 rings (SSSR count). The van der Waals surface area contributed by atoms with Crippen molar-refractivity contribution in [2.75, 3.05) is 11.9 Å². The number of aromatic hydroxyl groups is 1. The van der Waals surface area contributed by atoms with Gasteiger partial charge in [-0.2, -0.15) is 0 Å². The van der Waals surface area contributed by atoms with Crippen LogP contribution in [0.5, 0.6) is 5.75 Å². The van der Waals surface area contributed by atoms with E-state index in [0.717, 1.165) is 6.07 Å². The Morgan fingerprint density at radius 3 is 2.50 bits per heavy atom. The monoisotopic (exact) mass is 254 g/mol. The van der Waals surface area contributed by atoms with Gasteiger partial charge in [0, 0.05) is 18.3 Å². The van der Waals surface area contributed by atoms with Crippen molar-refractivity contribution >= 4 is 11.6 Å². The number of halogens is 1. The van der Waals surface area contributed by atoms with Crippen LogP contribution in [0, 0.1) is 11.2 Å². The first-order valence-electron chi connectivity index (χ1n) is 5.99. The molecule has 1 amide bonds. The zero-order valence-corrected chi connectivity index (χ0v) is 10.7. The lowest BCUT2D eigenvalue weighted by molar-refractivity contribution is -0.125. The molecule has 18 heavy (non-hydrogen) atoms. The van der Waals surface area contributed by atoms with Crippen molar-refractivity contribution < 1.29 is 14.3 Å². The molecule has 0 fully saturated rings. The number of phenolic OH excluding ortho intramolecular Hbond substituents is 1. The SMILES string of the molecule is CCC(CC)(CN)C(=O)Nc1ccc(O)c(F)c1. The van der Waals surface area contributed by atoms with Crippen LogP contribution in [0.25, 0.3) is 0 Å². The summed E-state index contributed by atoms with van der Waals surface area (Å²) in [5.74, 6) is -1.43. The van der Waals surface area contributed by atoms with E-state index in [9.17, 15) is 9.18 Å². The highest BCUT2D eigenvalue weighted by molar-refractivity contribution is 5.95. The highest BCUT2D eigenvalue weighted by Crippen LogP contribution is 2.27. The molecule has 0 spiro atoms. The first-order chi connectivity index (χ1) is 8.49. The van der Waals surface area contributed by atoms with Crippen LogP contribution in [0.3, 0.4) is 0 Å². The summed E-state index contributed by atoms with van der Waals surface area (Å²) in [5, 5.41) is 11.7. The van der Waals surface area contributed by atoms with Gasteiger partial charge in [-0.3, -0.25) is 4.79 Å². The molecule has 0 bridgehead atoms. The molecule has 4 nitrogen and oxygen atoms in total. The lowest BCUT2D eigenvalue weighted by atomic mass is 9.81. The Balaban J connectivity index is 2.89. The van der Waals surface area contributed by atoms with Gasteiger partial charge >= 0.3 is 0 Å². The first-order valence-corrected chi connectivity index (χ1v) is 5.99. The third kappa shape index (κ3) is 2.79. The molecule has 0 aliphatic rings. The third-order valence-corrected chi connectivity index (χ3v) is 3.43. The van der Waals surface area contributed by atoms with Crippen LogP contribution in [-0.2, 0) is 4.79 Å². The number of rotatable bonds is 5. The first kappa shape index (κ1) is 14.4. The summed E-state index contributed by atoms with van der Waals surface area (Å²) in [6.45, 7) is 4.03. The summed E-state index contributed by atoms with van der Waals surface area (Å²) in [6.07, 6.45) is 1.23. The Labute approximate surface area is 106 Å². The second-order valence-corrected chi connectivity index (χ2v) is 4.31. The fraction of sp³-hybridized carbons (Fsp3) is 0.462. The minimum atomic E-state index is -0.765. The Morgan fingerprint density at radius 2 is 2.06 bits per heavy atom. The van der Waals surface area contributed by atoms with Crippen LogP contribution < -0.4 is 11.1 Å². The average Bonchev–Trinajstić information content (AvgIpc) is 2.37. The number of anilines is 1. The molecule has 0 aromatic heterocycles. The van der Waals surface area contributed by atoms with E-state index in [1.54, 1.807) is 0 Å². The van der Waals surface area contributed by atoms with Gasteiger partial charge in [-0.05, 0) is 25.0 Å². The maximum Gasteiger partial charge on any atom is 0.231 e. The number of nitrogens with one attached hydrogen (secondary N) is 1. The predicted octanol–water partition coefficient (Wildman–Crippen LogP) is 2.23. The lowest BCUT2D eigenvalue weighted by Gasteiger charge is -2.28. The molecule has 0 aliphatic heterocycles. The highest BCUT2D eigenvalue weighted by Gasteiger charge is 2.33. The average molecular weight is 254 g/mol. The van der Waals surface area contributed by atoms with Crippen molar-refractivity contribution in [3.05, 3.63) is 24.0 Å². The number of hydrogen-bond donors (Lipinski definition) is 3. The summed E-state index contributed by atoms with van der Waals surface area (Å²) in [5.41, 5.74) is 5.35. The van der Waals surface area contributed by atoms with Gasteiger partial charge in [-0.25, -0.2) is 4.39 Å². The molecule has 100 valence electrons. The molecule has 1 aromatic rings. The van der Waals surface area contributed by atoms with E-state index in [0.29, 0.717) is 18.5 Å². The van der Waals surface area contributed by atoms with Crippen molar-refractivity contribution in [1.82, 2.24) is 0 Å². The highest BCUT2D eigenvalue weighted by atomic mass is 19.1. The van der Waals surface area contributed by atoms with Gasteiger partial charge in [0.05, 0.1) is 5.41 Å². The fourth-order valence-corrected chi connectivity index (χ4v) is 1.80. The molecular weight excluding hydrogens is 235 g/mol. The lowest BCUT2D eigenvalue weighted by Crippen LogP contribution is -2.41. The quantitative estimate of drug-likeness (QED) is 0.705. The van der Waals surface area contributed by atoms with Gasteiger partial charge in [0.1, 0.15) is 0 Å². The van der Waals surface area contributed by atoms with Crippen LogP contribution in [0.4, 0.5) is 10.1 Å². The minimum absolute atomic E-state index is 0.222. The normalized spacial score (nSPS) is 11.3. The molecule has 0 atom stereocenters. The Hall–Kier alpha value is -1.62. The van der Waals surface area contributed by atoms with E-state index in [1.807, 2.05) is 13.8 Å². The Morgan fingerprint density at radius 1 is 1.44 bits per heavy atom. The standard InChI is InChI=1S/C13H19FN2O2/c1-3-13(4-2,8-15)12(18)16-9-5-6-11(17)10(14)7-9/h5-7,17H,3-4,8,15H2,1-2H3,(H,16,18). The largest absolute Gasteiger partial charge is 0.505 e. The predicted molar refractivity (Wildman–Crippen MR) is 68.8 cm³/mol. The van der Waals surface area contributed by atoms with Gasteiger partial charge in [-0.1, -0.05) is 13.8 Å². The van der Waals surface area contributed by atoms with Crippen molar-refractivity contribution in [1.29, 1.82) is 0 Å². The number of carbonyl (C=O) groups is 1. The van der Waals surface area contributed by atoms with Gasteiger partial charge in [0.25, 0.3) is 0 Å². The van der Waals surface area contributed by atoms with Crippen LogP contribution in [0.15, 0.2) is 18.2 Å². The van der Waals surface area contributed by atoms with Gasteiger partial charge < -0.3 is 16.2 Å². The Bertz CT molecular complexity index is 423. The van der Waals surface area contributed by atoms with E-state index >= 15 is 0 Å². The molecular formula is C13H19FN2O2. The molecule has 0 saturated heterocycles. The molecule has 0 aliphatic carbocycles. The van der Waals surface area contributed by atoms with Gasteiger partial charge in [0.2, 0.25) is 5.91 Å². The minimum Gasteiger partial charge on any atom is -0.505 e. The summed E-state index contributed by atoms with van der Waals surface area (Å²) in [7, 11) is 0. The second kappa shape index (κ2) is 5.82. The van der Waals surface area contributed by atoms with E-state index in [4.69, 9.17) is 10.8 Å². The zero-order chi connectivity index (χ0) is 13.8. The number of carbonyl (C=O) groups excluding carboxylic acids is 1. The van der Waals surface area contributed by atoms with Crippen molar-refractivity contribution in [2.45, 2.75) is 26.7 Å². The molecule has 0 unspecified atom stereocenters. The number of benzene rings is 1. The van der Waals surface area contributed by atoms with Gasteiger partial charge in [-0.15, -0.1) is 0 Å². The zero-order valence-electron chi connectivity index (χ0n) is 10.7. The summed E-state index contributed by atoms with van der Waals surface area (Å²) < 4.78 is 13.1. The van der Waals surface area contributed by atoms with Crippen LogP contribution >= 0.6 is 0 Å². The summed E-state index contributed by atoms with van der Waals surface area (Å²) in [4.78, 5) is 12.1. The number of amides is 1. The van der Waals surface area contributed by atoms with Gasteiger partial charge in [0.15, 0.2) is 11.6 Å². The molecule has 5 heteroatoms. The number of phenols is 1. The number of hydrogen-bond acceptors (Lipinski definition) is 3. The fourth-order valence-electron chi connectivity index (χ4n) is 1.80. The second-order valence-electron chi connectivity index (χ2n) is 4.31. The molecule has 0 radical (unpaired) electrons. The molecule has 1 aromatic carbocycles. The topological polar surface area (TPSA) is 75.4 Å². The van der Waals surface area contributed by atoms with E-state index in [1.165, 1.54) is 12.1 Å². The Kier molecular flexibility index (Phi) is 4.67. The van der Waals surface area contributed by atoms with Crippen molar-refractivity contribution in [3.63, 3.8) is 0 Å². The smallest absolute Gasteiger partial charge is 0.231 e. The van der Waals surface area contributed by atoms with Crippen LogP contribution in [0.1, 0.15) is 26.7 Å².